The van der Waals surface area contributed by atoms with E-state index < -0.39 is 53.5 Å². The molecule has 1 aliphatic rings. The first kappa shape index (κ1) is 25.1. The number of fused-ring (bicyclic) bond motifs is 1. The first-order chi connectivity index (χ1) is 15.4. The Balaban J connectivity index is 1.71. The highest BCUT2D eigenvalue weighted by Gasteiger charge is 2.35. The second-order valence-electron chi connectivity index (χ2n) is 8.06. The number of amides is 1. The maximum Gasteiger partial charge on any atom is 0.287 e. The van der Waals surface area contributed by atoms with Crippen LogP contribution >= 0.6 is 0 Å². The molecule has 0 saturated carbocycles. The van der Waals surface area contributed by atoms with E-state index in [1.807, 2.05) is 0 Å². The zero-order valence-electron chi connectivity index (χ0n) is 17.9. The maximum absolute atomic E-state index is 13.0. The predicted octanol–water partition coefficient (Wildman–Crippen LogP) is 1.96. The van der Waals surface area contributed by atoms with Crippen LogP contribution in [-0.2, 0) is 21.6 Å². The molecule has 9 nitrogen and oxygen atoms in total. The average Bonchev–Trinajstić information content (AvgIpc) is 3.06. The molecule has 1 unspecified atom stereocenters. The third kappa shape index (κ3) is 6.31. The highest BCUT2D eigenvalue weighted by molar-refractivity contribution is 7.91. The number of nitrogens with one attached hydrogen (secondary N) is 1. The van der Waals surface area contributed by atoms with Gasteiger partial charge in [-0.1, -0.05) is 0 Å². The van der Waals surface area contributed by atoms with Gasteiger partial charge in [0.1, 0.15) is 28.6 Å². The molecule has 1 N–H and O–H groups in total. The summed E-state index contributed by atoms with van der Waals surface area (Å²) < 4.78 is 84.8. The lowest BCUT2D eigenvalue weighted by molar-refractivity contribution is -0.102. The number of nitrogens with zero attached hydrogens (tertiary/aromatic N) is 3. The molecule has 14 heteroatoms. The minimum atomic E-state index is -3.10. The summed E-state index contributed by atoms with van der Waals surface area (Å²) in [4.78, 5) is 21.2. The van der Waals surface area contributed by atoms with Crippen molar-refractivity contribution in [3.05, 3.63) is 18.0 Å². The fourth-order valence-electron chi connectivity index (χ4n) is 3.33. The third-order valence-electron chi connectivity index (χ3n) is 5.35. The van der Waals surface area contributed by atoms with Crippen LogP contribution < -0.4 is 10.1 Å². The number of rotatable bonds is 9. The molecule has 0 aliphatic carbocycles. The Bertz CT molecular complexity index is 1100. The summed E-state index contributed by atoms with van der Waals surface area (Å²) in [5, 5.41) is 2.83. The van der Waals surface area contributed by atoms with E-state index in [1.54, 1.807) is 6.92 Å². The number of carbonyl (C=O) groups is 1. The van der Waals surface area contributed by atoms with Crippen molar-refractivity contribution in [1.82, 2.24) is 19.9 Å². The molecule has 0 radical (unpaired) electrons. The van der Waals surface area contributed by atoms with E-state index in [4.69, 9.17) is 4.74 Å². The molecule has 2 aromatic heterocycles. The number of pyridine rings is 1. The summed E-state index contributed by atoms with van der Waals surface area (Å²) in [7, 11) is -1.57. The number of carbonyl (C=O) groups excluding carboxylic acids is 1. The number of imidazole rings is 1. The van der Waals surface area contributed by atoms with Gasteiger partial charge in [0.05, 0.1) is 11.5 Å². The van der Waals surface area contributed by atoms with Crippen LogP contribution in [-0.4, -0.2) is 78.1 Å². The van der Waals surface area contributed by atoms with Crippen LogP contribution in [0.15, 0.2) is 12.1 Å². The van der Waals surface area contributed by atoms with Crippen molar-refractivity contribution in [3.63, 3.8) is 0 Å². The molecule has 1 aliphatic heterocycles. The van der Waals surface area contributed by atoms with Gasteiger partial charge >= 0.3 is 0 Å². The van der Waals surface area contributed by atoms with E-state index in [2.05, 4.69) is 20.0 Å². The number of sulfone groups is 1. The van der Waals surface area contributed by atoms with Gasteiger partial charge in [-0.15, -0.1) is 0 Å². The zero-order valence-corrected chi connectivity index (χ0v) is 18.7. The monoisotopic (exact) mass is 496 g/mol. The minimum absolute atomic E-state index is 0.0186. The van der Waals surface area contributed by atoms with E-state index in [1.165, 1.54) is 23.7 Å². The maximum atomic E-state index is 13.0. The molecule has 0 aromatic carbocycles. The van der Waals surface area contributed by atoms with E-state index in [9.17, 15) is 30.8 Å². The molecule has 0 bridgehead atoms. The fraction of sp³-hybridized carbons (Fsp3) is 0.632. The highest BCUT2D eigenvalue weighted by atomic mass is 32.2. The molecule has 1 fully saturated rings. The second-order valence-corrected chi connectivity index (χ2v) is 10.4. The summed E-state index contributed by atoms with van der Waals surface area (Å²) in [6, 6.07) is 2.82. The predicted molar refractivity (Wildman–Crippen MR) is 110 cm³/mol. The summed E-state index contributed by atoms with van der Waals surface area (Å²) in [6.45, 7) is -0.0762. The van der Waals surface area contributed by atoms with Gasteiger partial charge in [0, 0.05) is 18.7 Å². The van der Waals surface area contributed by atoms with Crippen LogP contribution in [0.3, 0.4) is 0 Å². The lowest BCUT2D eigenvalue weighted by Crippen LogP contribution is -2.51. The molecule has 2 aromatic rings. The van der Waals surface area contributed by atoms with Crippen LogP contribution in [0.2, 0.25) is 0 Å². The molecule has 3 heterocycles. The number of hydrogen-bond donors (Lipinski definition) is 1. The van der Waals surface area contributed by atoms with Crippen LogP contribution in [0.5, 0.6) is 5.88 Å². The summed E-state index contributed by atoms with van der Waals surface area (Å²) in [5.74, 6) is -0.606. The van der Waals surface area contributed by atoms with Crippen molar-refractivity contribution in [3.8, 4) is 5.88 Å². The number of alkyl halides is 4. The SMILES string of the molecule is Cn1c(C(=O)NC2(C)CCS(=O)(=O)CC2)nc2ccc(OCC(OCC(F)F)C(F)F)nc21. The topological polar surface area (TPSA) is 112 Å². The Morgan fingerprint density at radius 1 is 1.18 bits per heavy atom. The van der Waals surface area contributed by atoms with Crippen LogP contribution in [0, 0.1) is 0 Å². The van der Waals surface area contributed by atoms with Gasteiger partial charge in [-0.25, -0.2) is 31.0 Å². The Labute approximate surface area is 187 Å². The first-order valence-electron chi connectivity index (χ1n) is 10.1. The summed E-state index contributed by atoms with van der Waals surface area (Å²) in [6.07, 6.45) is -7.22. The Morgan fingerprint density at radius 2 is 1.85 bits per heavy atom. The molecule has 184 valence electrons. The van der Waals surface area contributed by atoms with Gasteiger partial charge in [-0.05, 0) is 25.8 Å². The van der Waals surface area contributed by atoms with Crippen molar-refractivity contribution in [2.24, 2.45) is 7.05 Å². The molecule has 1 atom stereocenters. The van der Waals surface area contributed by atoms with E-state index in [0.717, 1.165) is 0 Å². The number of aryl methyl sites for hydroxylation is 1. The van der Waals surface area contributed by atoms with Crippen molar-refractivity contribution in [1.29, 1.82) is 0 Å². The molecule has 1 amide bonds. The highest BCUT2D eigenvalue weighted by Crippen LogP contribution is 2.24. The second kappa shape index (κ2) is 9.79. The van der Waals surface area contributed by atoms with Gasteiger partial charge in [0.2, 0.25) is 11.7 Å². The van der Waals surface area contributed by atoms with Gasteiger partial charge in [-0.3, -0.25) is 4.79 Å². The third-order valence-corrected chi connectivity index (χ3v) is 7.00. The average molecular weight is 496 g/mol. The summed E-state index contributed by atoms with van der Waals surface area (Å²) in [5.41, 5.74) is -0.132. The quantitative estimate of drug-likeness (QED) is 0.528. The van der Waals surface area contributed by atoms with Crippen molar-refractivity contribution >= 4 is 26.9 Å². The number of ether oxygens (including phenoxy) is 2. The lowest BCUT2D eigenvalue weighted by atomic mass is 9.95. The normalized spacial score (nSPS) is 18.5. The smallest absolute Gasteiger partial charge is 0.287 e. The van der Waals surface area contributed by atoms with Gasteiger partial charge in [0.25, 0.3) is 18.8 Å². The Hall–Kier alpha value is -2.48. The fourth-order valence-corrected chi connectivity index (χ4v) is 5.06. The van der Waals surface area contributed by atoms with Gasteiger partial charge in [0.15, 0.2) is 11.8 Å². The number of hydrogen-bond acceptors (Lipinski definition) is 7. The van der Waals surface area contributed by atoms with E-state index in [0.29, 0.717) is 5.52 Å². The standard InChI is InChI=1S/C19H24F4N4O5S/c1-19(5-7-33(29,30)8-6-19)26-18(28)17-24-11-3-4-14(25-16(11)27(17)2)32-9-12(15(22)23)31-10-13(20)21/h3-4,12-13,15H,5-10H2,1-2H3,(H,26,28). The molecule has 0 spiro atoms. The number of halogens is 4. The van der Waals surface area contributed by atoms with E-state index >= 15 is 0 Å². The minimum Gasteiger partial charge on any atom is -0.475 e. The molecule has 33 heavy (non-hydrogen) atoms. The Morgan fingerprint density at radius 3 is 2.45 bits per heavy atom. The van der Waals surface area contributed by atoms with Gasteiger partial charge < -0.3 is 19.4 Å². The number of aromatic nitrogens is 3. The molecular formula is C19H24F4N4O5S. The van der Waals surface area contributed by atoms with Crippen molar-refractivity contribution in [2.45, 2.75) is 44.3 Å². The molecule has 3 rings (SSSR count). The molecular weight excluding hydrogens is 472 g/mol. The zero-order chi connectivity index (χ0) is 24.4. The van der Waals surface area contributed by atoms with E-state index in [-0.39, 0.29) is 41.7 Å². The first-order valence-corrected chi connectivity index (χ1v) is 11.9. The van der Waals surface area contributed by atoms with Crippen LogP contribution in [0.25, 0.3) is 11.2 Å². The molecule has 1 saturated heterocycles. The summed E-state index contributed by atoms with van der Waals surface area (Å²) >= 11 is 0. The van der Waals surface area contributed by atoms with Crippen molar-refractivity contribution < 1.29 is 40.2 Å². The Kier molecular flexibility index (Phi) is 7.46. The van der Waals surface area contributed by atoms with Crippen LogP contribution in [0.4, 0.5) is 17.6 Å². The van der Waals surface area contributed by atoms with Crippen LogP contribution in [0.1, 0.15) is 30.4 Å². The van der Waals surface area contributed by atoms with Crippen molar-refractivity contribution in [2.75, 3.05) is 24.7 Å². The largest absolute Gasteiger partial charge is 0.475 e. The van der Waals surface area contributed by atoms with Gasteiger partial charge in [-0.2, -0.15) is 4.98 Å². The lowest BCUT2D eigenvalue weighted by Gasteiger charge is -2.34.